The van der Waals surface area contributed by atoms with Crippen molar-refractivity contribution in [2.24, 2.45) is 5.92 Å². The van der Waals surface area contributed by atoms with Gasteiger partial charge in [-0.1, -0.05) is 26.0 Å². The first kappa shape index (κ1) is 11.1. The van der Waals surface area contributed by atoms with Crippen LogP contribution >= 0.6 is 0 Å². The van der Waals surface area contributed by atoms with Gasteiger partial charge in [0.2, 0.25) is 0 Å². The molecule has 0 atom stereocenters. The van der Waals surface area contributed by atoms with Gasteiger partial charge in [0.25, 0.3) is 0 Å². The molecule has 0 saturated carbocycles. The Bertz CT molecular complexity index is 269. The van der Waals surface area contributed by atoms with Crippen molar-refractivity contribution in [1.82, 2.24) is 0 Å². The summed E-state index contributed by atoms with van der Waals surface area (Å²) in [6.07, 6.45) is 0. The lowest BCUT2D eigenvalue weighted by Crippen LogP contribution is -2.01. The summed E-state index contributed by atoms with van der Waals surface area (Å²) in [6.45, 7) is 5.75. The van der Waals surface area contributed by atoms with Gasteiger partial charge < -0.3 is 9.47 Å². The fourth-order valence-electron chi connectivity index (χ4n) is 1.17. The maximum absolute atomic E-state index is 5.53. The van der Waals surface area contributed by atoms with Crippen LogP contribution in [-0.4, -0.2) is 13.7 Å². The summed E-state index contributed by atoms with van der Waals surface area (Å²) in [4.78, 5) is 0. The minimum absolute atomic E-state index is 0.584. The zero-order valence-corrected chi connectivity index (χ0v) is 9.12. The molecule has 0 heterocycles. The van der Waals surface area contributed by atoms with E-state index < -0.39 is 0 Å². The van der Waals surface area contributed by atoms with Crippen molar-refractivity contribution < 1.29 is 9.47 Å². The Hall–Kier alpha value is -1.02. The van der Waals surface area contributed by atoms with E-state index in [1.54, 1.807) is 7.11 Å². The second-order valence-corrected chi connectivity index (χ2v) is 3.76. The van der Waals surface area contributed by atoms with Gasteiger partial charge >= 0.3 is 0 Å². The molecule has 0 spiro atoms. The van der Waals surface area contributed by atoms with Crippen LogP contribution in [-0.2, 0) is 11.3 Å². The highest BCUT2D eigenvalue weighted by atomic mass is 16.5. The number of rotatable bonds is 5. The summed E-state index contributed by atoms with van der Waals surface area (Å²) in [5.74, 6) is 1.47. The number of benzene rings is 1. The van der Waals surface area contributed by atoms with E-state index >= 15 is 0 Å². The molecule has 0 radical (unpaired) electrons. The van der Waals surface area contributed by atoms with Crippen LogP contribution in [0.5, 0.6) is 5.75 Å². The highest BCUT2D eigenvalue weighted by Gasteiger charge is 1.97. The van der Waals surface area contributed by atoms with Gasteiger partial charge in [-0.05, 0) is 23.6 Å². The van der Waals surface area contributed by atoms with Crippen LogP contribution in [0.4, 0.5) is 0 Å². The van der Waals surface area contributed by atoms with Crippen molar-refractivity contribution in [3.8, 4) is 5.75 Å². The quantitative estimate of drug-likeness (QED) is 0.717. The van der Waals surface area contributed by atoms with Gasteiger partial charge in [-0.25, -0.2) is 0 Å². The molecule has 0 aromatic heterocycles. The molecule has 1 rings (SSSR count). The number of ether oxygens (including phenoxy) is 2. The molecular weight excluding hydrogens is 176 g/mol. The molecule has 0 fully saturated rings. The third-order valence-electron chi connectivity index (χ3n) is 1.85. The maximum Gasteiger partial charge on any atom is 0.119 e. The monoisotopic (exact) mass is 194 g/mol. The lowest BCUT2D eigenvalue weighted by atomic mass is 10.2. The average molecular weight is 194 g/mol. The van der Waals surface area contributed by atoms with Crippen LogP contribution in [0.3, 0.4) is 0 Å². The minimum atomic E-state index is 0.584. The predicted molar refractivity (Wildman–Crippen MR) is 57.5 cm³/mol. The van der Waals surface area contributed by atoms with Gasteiger partial charge in [0.15, 0.2) is 0 Å². The molecule has 14 heavy (non-hydrogen) atoms. The van der Waals surface area contributed by atoms with Crippen molar-refractivity contribution in [3.05, 3.63) is 29.8 Å². The fraction of sp³-hybridized carbons (Fsp3) is 0.500. The summed E-state index contributed by atoms with van der Waals surface area (Å²) in [7, 11) is 1.67. The highest BCUT2D eigenvalue weighted by molar-refractivity contribution is 5.27. The molecule has 0 unspecified atom stereocenters. The van der Waals surface area contributed by atoms with Gasteiger partial charge in [-0.3, -0.25) is 0 Å². The molecule has 2 heteroatoms. The smallest absolute Gasteiger partial charge is 0.119 e. The van der Waals surface area contributed by atoms with E-state index in [9.17, 15) is 0 Å². The second kappa shape index (κ2) is 5.66. The normalized spacial score (nSPS) is 10.6. The Labute approximate surface area is 85.8 Å². The number of hydrogen-bond acceptors (Lipinski definition) is 2. The Morgan fingerprint density at radius 1 is 1.29 bits per heavy atom. The Kier molecular flexibility index (Phi) is 4.47. The van der Waals surface area contributed by atoms with E-state index in [1.807, 2.05) is 24.3 Å². The molecule has 0 N–H and O–H groups in total. The van der Waals surface area contributed by atoms with Crippen molar-refractivity contribution in [2.75, 3.05) is 13.7 Å². The van der Waals surface area contributed by atoms with Gasteiger partial charge in [0.1, 0.15) is 5.75 Å². The Balaban J connectivity index is 2.42. The van der Waals surface area contributed by atoms with Gasteiger partial charge in [0.05, 0.1) is 13.7 Å². The van der Waals surface area contributed by atoms with E-state index in [-0.39, 0.29) is 0 Å². The molecule has 0 saturated heterocycles. The SMILES string of the molecule is COc1cccc(COCC(C)C)c1. The molecule has 1 aromatic rings. The van der Waals surface area contributed by atoms with Crippen LogP contribution in [0.1, 0.15) is 19.4 Å². The summed E-state index contributed by atoms with van der Waals surface area (Å²) < 4.78 is 10.7. The second-order valence-electron chi connectivity index (χ2n) is 3.76. The van der Waals surface area contributed by atoms with Gasteiger partial charge in [-0.15, -0.1) is 0 Å². The van der Waals surface area contributed by atoms with E-state index in [1.165, 1.54) is 0 Å². The average Bonchev–Trinajstić information content (AvgIpc) is 2.18. The summed E-state index contributed by atoms with van der Waals surface area (Å²) in [5, 5.41) is 0. The van der Waals surface area contributed by atoms with E-state index in [2.05, 4.69) is 13.8 Å². The fourth-order valence-corrected chi connectivity index (χ4v) is 1.17. The van der Waals surface area contributed by atoms with Crippen LogP contribution in [0.15, 0.2) is 24.3 Å². The van der Waals surface area contributed by atoms with Crippen LogP contribution in [0.25, 0.3) is 0 Å². The van der Waals surface area contributed by atoms with Crippen molar-refractivity contribution in [2.45, 2.75) is 20.5 Å². The molecule has 0 amide bonds. The van der Waals surface area contributed by atoms with Crippen LogP contribution in [0.2, 0.25) is 0 Å². The molecular formula is C12H18O2. The first-order chi connectivity index (χ1) is 6.72. The molecule has 0 aliphatic carbocycles. The molecule has 78 valence electrons. The minimum Gasteiger partial charge on any atom is -0.497 e. The third-order valence-corrected chi connectivity index (χ3v) is 1.85. The standard InChI is InChI=1S/C12H18O2/c1-10(2)8-14-9-11-5-4-6-12(7-11)13-3/h4-7,10H,8-9H2,1-3H3. The van der Waals surface area contributed by atoms with Crippen molar-refractivity contribution >= 4 is 0 Å². The maximum atomic E-state index is 5.53. The topological polar surface area (TPSA) is 18.5 Å². The highest BCUT2D eigenvalue weighted by Crippen LogP contribution is 2.13. The summed E-state index contributed by atoms with van der Waals surface area (Å²) in [6, 6.07) is 7.96. The number of hydrogen-bond donors (Lipinski definition) is 0. The first-order valence-corrected chi connectivity index (χ1v) is 4.93. The van der Waals surface area contributed by atoms with Gasteiger partial charge in [-0.2, -0.15) is 0 Å². The zero-order chi connectivity index (χ0) is 10.4. The molecule has 2 nitrogen and oxygen atoms in total. The van der Waals surface area contributed by atoms with E-state index in [4.69, 9.17) is 9.47 Å². The van der Waals surface area contributed by atoms with Gasteiger partial charge in [0, 0.05) is 6.61 Å². The van der Waals surface area contributed by atoms with Crippen LogP contribution < -0.4 is 4.74 Å². The predicted octanol–water partition coefficient (Wildman–Crippen LogP) is 2.87. The Morgan fingerprint density at radius 2 is 2.07 bits per heavy atom. The third kappa shape index (κ3) is 3.79. The first-order valence-electron chi connectivity index (χ1n) is 4.93. The Morgan fingerprint density at radius 3 is 2.71 bits per heavy atom. The molecule has 0 aliphatic rings. The summed E-state index contributed by atoms with van der Waals surface area (Å²) in [5.41, 5.74) is 1.16. The number of methoxy groups -OCH3 is 1. The summed E-state index contributed by atoms with van der Waals surface area (Å²) >= 11 is 0. The largest absolute Gasteiger partial charge is 0.497 e. The molecule has 0 aliphatic heterocycles. The van der Waals surface area contributed by atoms with E-state index in [0.29, 0.717) is 12.5 Å². The van der Waals surface area contributed by atoms with Crippen LogP contribution in [0, 0.1) is 5.92 Å². The van der Waals surface area contributed by atoms with E-state index in [0.717, 1.165) is 17.9 Å². The zero-order valence-electron chi connectivity index (χ0n) is 9.12. The molecule has 0 bridgehead atoms. The lowest BCUT2D eigenvalue weighted by molar-refractivity contribution is 0.0969. The van der Waals surface area contributed by atoms with Crippen molar-refractivity contribution in [3.63, 3.8) is 0 Å². The lowest BCUT2D eigenvalue weighted by Gasteiger charge is -2.07. The van der Waals surface area contributed by atoms with Crippen molar-refractivity contribution in [1.29, 1.82) is 0 Å². The molecule has 1 aromatic carbocycles.